The SMILES string of the molecule is Cc1noc(Cn2c(=O)c(I)cn(C)c2=O)n1. The second kappa shape index (κ2) is 4.43. The van der Waals surface area contributed by atoms with Crippen LogP contribution in [0, 0.1) is 10.5 Å². The predicted octanol–water partition coefficient (Wildman–Crippen LogP) is -0.109. The van der Waals surface area contributed by atoms with Gasteiger partial charge in [-0.2, -0.15) is 4.98 Å². The first-order valence-electron chi connectivity index (χ1n) is 4.74. The number of aromatic nitrogens is 4. The van der Waals surface area contributed by atoms with Crippen molar-refractivity contribution in [1.82, 2.24) is 19.3 Å². The quantitative estimate of drug-likeness (QED) is 0.708. The number of nitrogens with zero attached hydrogens (tertiary/aromatic N) is 4. The van der Waals surface area contributed by atoms with Crippen molar-refractivity contribution in [3.63, 3.8) is 0 Å². The van der Waals surface area contributed by atoms with Crippen LogP contribution in [0.2, 0.25) is 0 Å². The molecule has 0 bridgehead atoms. The third-order valence-corrected chi connectivity index (χ3v) is 2.89. The average molecular weight is 348 g/mol. The van der Waals surface area contributed by atoms with Gasteiger partial charge in [-0.15, -0.1) is 0 Å². The molecule has 0 N–H and O–H groups in total. The van der Waals surface area contributed by atoms with Crippen LogP contribution in [0.25, 0.3) is 0 Å². The molecule has 0 atom stereocenters. The van der Waals surface area contributed by atoms with Crippen molar-refractivity contribution in [3.05, 3.63) is 42.3 Å². The molecule has 7 nitrogen and oxygen atoms in total. The van der Waals surface area contributed by atoms with E-state index in [-0.39, 0.29) is 18.0 Å². The second-order valence-electron chi connectivity index (χ2n) is 3.50. The predicted molar refractivity (Wildman–Crippen MR) is 66.8 cm³/mol. The van der Waals surface area contributed by atoms with Crippen molar-refractivity contribution in [1.29, 1.82) is 0 Å². The lowest BCUT2D eigenvalue weighted by molar-refractivity contribution is 0.362. The topological polar surface area (TPSA) is 82.9 Å². The van der Waals surface area contributed by atoms with Crippen LogP contribution in [0.3, 0.4) is 0 Å². The molecule has 0 spiro atoms. The van der Waals surface area contributed by atoms with E-state index >= 15 is 0 Å². The maximum Gasteiger partial charge on any atom is 0.331 e. The highest BCUT2D eigenvalue weighted by molar-refractivity contribution is 14.1. The van der Waals surface area contributed by atoms with Crippen LogP contribution in [0.4, 0.5) is 0 Å². The van der Waals surface area contributed by atoms with Crippen LogP contribution in [-0.4, -0.2) is 19.3 Å². The number of hydrogen-bond acceptors (Lipinski definition) is 5. The maximum atomic E-state index is 11.8. The van der Waals surface area contributed by atoms with Crippen molar-refractivity contribution in [2.75, 3.05) is 0 Å². The number of aryl methyl sites for hydroxylation is 2. The smallest absolute Gasteiger partial charge is 0.331 e. The highest BCUT2D eigenvalue weighted by Gasteiger charge is 2.11. The third kappa shape index (κ3) is 2.30. The van der Waals surface area contributed by atoms with Gasteiger partial charge in [0.25, 0.3) is 5.56 Å². The molecular weight excluding hydrogens is 339 g/mol. The minimum atomic E-state index is -0.411. The summed E-state index contributed by atoms with van der Waals surface area (Å²) in [6, 6.07) is 0. The average Bonchev–Trinajstić information content (AvgIpc) is 2.68. The molecule has 0 radical (unpaired) electrons. The third-order valence-electron chi connectivity index (χ3n) is 2.15. The molecule has 2 heterocycles. The van der Waals surface area contributed by atoms with Gasteiger partial charge in [-0.1, -0.05) is 5.16 Å². The Bertz CT molecular complexity index is 635. The van der Waals surface area contributed by atoms with Gasteiger partial charge in [-0.25, -0.2) is 9.36 Å². The monoisotopic (exact) mass is 348 g/mol. The van der Waals surface area contributed by atoms with Crippen LogP contribution in [0.5, 0.6) is 0 Å². The van der Waals surface area contributed by atoms with Crippen molar-refractivity contribution in [2.45, 2.75) is 13.5 Å². The zero-order valence-electron chi connectivity index (χ0n) is 9.18. The summed E-state index contributed by atoms with van der Waals surface area (Å²) in [4.78, 5) is 27.6. The fraction of sp³-hybridized carbons (Fsp3) is 0.333. The Balaban J connectivity index is 2.53. The Morgan fingerprint density at radius 3 is 2.76 bits per heavy atom. The van der Waals surface area contributed by atoms with E-state index in [2.05, 4.69) is 10.1 Å². The van der Waals surface area contributed by atoms with Crippen LogP contribution < -0.4 is 11.2 Å². The minimum absolute atomic E-state index is 0.0107. The van der Waals surface area contributed by atoms with E-state index in [9.17, 15) is 9.59 Å². The molecule has 2 aromatic heterocycles. The lowest BCUT2D eigenvalue weighted by Crippen LogP contribution is -2.40. The molecule has 0 aliphatic carbocycles. The molecule has 90 valence electrons. The summed E-state index contributed by atoms with van der Waals surface area (Å²) >= 11 is 1.88. The summed E-state index contributed by atoms with van der Waals surface area (Å²) < 4.78 is 7.75. The molecule has 0 aliphatic rings. The van der Waals surface area contributed by atoms with Gasteiger partial charge in [0.2, 0.25) is 5.89 Å². The fourth-order valence-electron chi connectivity index (χ4n) is 1.37. The Kier molecular flexibility index (Phi) is 3.13. The van der Waals surface area contributed by atoms with Gasteiger partial charge in [0.1, 0.15) is 6.54 Å². The summed E-state index contributed by atoms with van der Waals surface area (Å²) in [6.45, 7) is 1.66. The lowest BCUT2D eigenvalue weighted by atomic mass is 10.5. The Labute approximate surface area is 109 Å². The first-order valence-corrected chi connectivity index (χ1v) is 5.82. The molecule has 2 rings (SSSR count). The summed E-state index contributed by atoms with van der Waals surface area (Å²) in [5, 5.41) is 3.60. The Morgan fingerprint density at radius 2 is 2.18 bits per heavy atom. The first-order chi connectivity index (χ1) is 7.99. The largest absolute Gasteiger partial charge is 0.337 e. The number of hydrogen-bond donors (Lipinski definition) is 0. The zero-order chi connectivity index (χ0) is 12.6. The normalized spacial score (nSPS) is 10.8. The van der Waals surface area contributed by atoms with E-state index in [4.69, 9.17) is 4.52 Å². The molecular formula is C9H9IN4O3. The van der Waals surface area contributed by atoms with Gasteiger partial charge < -0.3 is 9.09 Å². The molecule has 8 heteroatoms. The van der Waals surface area contributed by atoms with Crippen molar-refractivity contribution in [3.8, 4) is 0 Å². The molecule has 2 aromatic rings. The van der Waals surface area contributed by atoms with E-state index in [1.54, 1.807) is 14.0 Å². The van der Waals surface area contributed by atoms with Crippen molar-refractivity contribution >= 4 is 22.6 Å². The summed E-state index contributed by atoms with van der Waals surface area (Å²) in [7, 11) is 1.58. The highest BCUT2D eigenvalue weighted by Crippen LogP contribution is 1.98. The zero-order valence-corrected chi connectivity index (χ0v) is 11.3. The van der Waals surface area contributed by atoms with Gasteiger partial charge in [0, 0.05) is 13.2 Å². The highest BCUT2D eigenvalue weighted by atomic mass is 127. The van der Waals surface area contributed by atoms with Gasteiger partial charge in [0.15, 0.2) is 5.82 Å². The molecule has 0 unspecified atom stereocenters. The molecule has 0 aromatic carbocycles. The van der Waals surface area contributed by atoms with Crippen molar-refractivity contribution < 1.29 is 4.52 Å². The molecule has 17 heavy (non-hydrogen) atoms. The molecule has 0 aliphatic heterocycles. The Morgan fingerprint density at radius 1 is 1.47 bits per heavy atom. The van der Waals surface area contributed by atoms with E-state index in [1.807, 2.05) is 22.6 Å². The maximum absolute atomic E-state index is 11.8. The minimum Gasteiger partial charge on any atom is -0.337 e. The standard InChI is InChI=1S/C9H9IN4O3/c1-5-11-7(17-12-5)4-14-8(15)6(10)3-13(2)9(14)16/h3H,4H2,1-2H3. The summed E-state index contributed by atoms with van der Waals surface area (Å²) in [6.07, 6.45) is 1.49. The van der Waals surface area contributed by atoms with Gasteiger partial charge in [0.05, 0.1) is 3.57 Å². The summed E-state index contributed by atoms with van der Waals surface area (Å²) in [5.41, 5.74) is -0.768. The molecule has 0 saturated heterocycles. The van der Waals surface area contributed by atoms with Gasteiger partial charge >= 0.3 is 5.69 Å². The van der Waals surface area contributed by atoms with E-state index in [0.29, 0.717) is 9.39 Å². The number of rotatable bonds is 2. The van der Waals surface area contributed by atoms with E-state index in [1.165, 1.54) is 10.8 Å². The van der Waals surface area contributed by atoms with E-state index in [0.717, 1.165) is 4.57 Å². The van der Waals surface area contributed by atoms with Gasteiger partial charge in [-0.05, 0) is 29.5 Å². The molecule has 0 fully saturated rings. The second-order valence-corrected chi connectivity index (χ2v) is 4.66. The number of halogens is 1. The first kappa shape index (κ1) is 12.0. The van der Waals surface area contributed by atoms with Gasteiger partial charge in [-0.3, -0.25) is 4.79 Å². The van der Waals surface area contributed by atoms with Crippen LogP contribution in [0.15, 0.2) is 20.3 Å². The van der Waals surface area contributed by atoms with Crippen LogP contribution >= 0.6 is 22.6 Å². The molecule has 0 saturated carbocycles. The van der Waals surface area contributed by atoms with Crippen LogP contribution in [0.1, 0.15) is 11.7 Å². The van der Waals surface area contributed by atoms with Crippen molar-refractivity contribution in [2.24, 2.45) is 7.05 Å². The Hall–Kier alpha value is -1.45. The molecule has 0 amide bonds. The lowest BCUT2D eigenvalue weighted by Gasteiger charge is -2.04. The fourth-order valence-corrected chi connectivity index (χ4v) is 2.07. The van der Waals surface area contributed by atoms with E-state index < -0.39 is 5.69 Å². The van der Waals surface area contributed by atoms with Crippen LogP contribution in [-0.2, 0) is 13.6 Å². The summed E-state index contributed by atoms with van der Waals surface area (Å²) in [5.74, 6) is 0.708.